The van der Waals surface area contributed by atoms with Crippen molar-refractivity contribution in [1.29, 1.82) is 0 Å². The average molecular weight is 254 g/mol. The Balaban J connectivity index is 2.63. The zero-order chi connectivity index (χ0) is 13.4. The zero-order valence-corrected chi connectivity index (χ0v) is 10.8. The van der Waals surface area contributed by atoms with E-state index in [4.69, 9.17) is 4.74 Å². The number of carbonyl (C=O) groups excluding carboxylic acids is 1. The van der Waals surface area contributed by atoms with Crippen LogP contribution in [0.15, 0.2) is 0 Å². The third-order valence-corrected chi connectivity index (χ3v) is 2.03. The highest BCUT2D eigenvalue weighted by Crippen LogP contribution is 2.10. The Bertz CT molecular complexity index is 398. The highest BCUT2D eigenvalue weighted by atomic mass is 16.5. The third kappa shape index (κ3) is 4.40. The molecule has 0 aliphatic carbocycles. The van der Waals surface area contributed by atoms with E-state index in [-0.39, 0.29) is 11.9 Å². The molecule has 8 nitrogen and oxygen atoms in total. The first-order valence-corrected chi connectivity index (χ1v) is 5.70. The largest absolute Gasteiger partial charge is 0.464 e. The van der Waals surface area contributed by atoms with Gasteiger partial charge in [0.1, 0.15) is 0 Å². The van der Waals surface area contributed by atoms with Gasteiger partial charge < -0.3 is 20.7 Å². The quantitative estimate of drug-likeness (QED) is 0.622. The van der Waals surface area contributed by atoms with E-state index in [0.29, 0.717) is 31.5 Å². The summed E-state index contributed by atoms with van der Waals surface area (Å²) in [5.74, 6) is 0.744. The Labute approximate surface area is 106 Å². The van der Waals surface area contributed by atoms with Gasteiger partial charge >= 0.3 is 6.01 Å². The molecule has 100 valence electrons. The van der Waals surface area contributed by atoms with Crippen molar-refractivity contribution >= 4 is 17.8 Å². The summed E-state index contributed by atoms with van der Waals surface area (Å²) in [5, 5.41) is 8.29. The highest BCUT2D eigenvalue weighted by Gasteiger charge is 2.06. The summed E-state index contributed by atoms with van der Waals surface area (Å²) in [6, 6.07) is 0.249. The van der Waals surface area contributed by atoms with E-state index in [0.717, 1.165) is 0 Å². The molecule has 1 heterocycles. The van der Waals surface area contributed by atoms with Gasteiger partial charge in [0.15, 0.2) is 0 Å². The van der Waals surface area contributed by atoms with Crippen LogP contribution in [0.1, 0.15) is 13.3 Å². The number of anilines is 2. The minimum absolute atomic E-state index is 0.0459. The van der Waals surface area contributed by atoms with Crippen LogP contribution >= 0.6 is 0 Å². The van der Waals surface area contributed by atoms with Gasteiger partial charge in [-0.25, -0.2) is 0 Å². The van der Waals surface area contributed by atoms with Crippen molar-refractivity contribution in [3.05, 3.63) is 0 Å². The van der Waals surface area contributed by atoms with Crippen molar-refractivity contribution in [2.24, 2.45) is 0 Å². The molecule has 0 radical (unpaired) electrons. The molecule has 1 aromatic heterocycles. The predicted molar refractivity (Wildman–Crippen MR) is 67.7 cm³/mol. The van der Waals surface area contributed by atoms with Crippen LogP contribution in [-0.2, 0) is 4.79 Å². The number of rotatable bonds is 7. The lowest BCUT2D eigenvalue weighted by Gasteiger charge is -2.08. The number of hydrogen-bond acceptors (Lipinski definition) is 7. The number of hydrogen-bond donors (Lipinski definition) is 3. The Kier molecular flexibility index (Phi) is 5.62. The molecule has 0 spiro atoms. The summed E-state index contributed by atoms with van der Waals surface area (Å²) in [7, 11) is 3.30. The fourth-order valence-corrected chi connectivity index (χ4v) is 1.15. The molecule has 0 aliphatic rings. The maximum Gasteiger partial charge on any atom is 0.323 e. The van der Waals surface area contributed by atoms with Crippen molar-refractivity contribution < 1.29 is 9.53 Å². The van der Waals surface area contributed by atoms with Gasteiger partial charge in [0.05, 0.1) is 6.61 Å². The van der Waals surface area contributed by atoms with Gasteiger partial charge in [-0.1, -0.05) is 0 Å². The second-order valence-corrected chi connectivity index (χ2v) is 3.30. The Morgan fingerprint density at radius 2 is 1.94 bits per heavy atom. The Hall–Kier alpha value is -2.12. The van der Waals surface area contributed by atoms with Gasteiger partial charge in [0.2, 0.25) is 17.8 Å². The van der Waals surface area contributed by atoms with Gasteiger partial charge in [0, 0.05) is 27.1 Å². The van der Waals surface area contributed by atoms with Gasteiger partial charge in [-0.3, -0.25) is 4.79 Å². The summed E-state index contributed by atoms with van der Waals surface area (Å²) >= 11 is 0. The smallest absolute Gasteiger partial charge is 0.323 e. The van der Waals surface area contributed by atoms with Gasteiger partial charge in [-0.05, 0) is 6.92 Å². The molecule has 0 saturated carbocycles. The predicted octanol–water partition coefficient (Wildman–Crippen LogP) is -0.140. The number of ether oxygens (including phenoxy) is 1. The van der Waals surface area contributed by atoms with Crippen LogP contribution in [0.4, 0.5) is 11.9 Å². The second kappa shape index (κ2) is 7.25. The fraction of sp³-hybridized carbons (Fsp3) is 0.600. The molecular formula is C10H18N6O2. The van der Waals surface area contributed by atoms with E-state index in [1.165, 1.54) is 0 Å². The van der Waals surface area contributed by atoms with Crippen LogP contribution in [0.25, 0.3) is 0 Å². The molecule has 0 aromatic carbocycles. The first-order chi connectivity index (χ1) is 8.69. The minimum atomic E-state index is -0.0459. The number of nitrogens with one attached hydrogen (secondary N) is 3. The van der Waals surface area contributed by atoms with Crippen molar-refractivity contribution in [2.45, 2.75) is 13.3 Å². The monoisotopic (exact) mass is 254 g/mol. The average Bonchev–Trinajstić information content (AvgIpc) is 2.38. The van der Waals surface area contributed by atoms with E-state index in [9.17, 15) is 4.79 Å². The molecule has 0 fully saturated rings. The standard InChI is InChI=1S/C10H18N6O2/c1-4-18-10-15-8(12-3)14-9(16-10)13-6-5-7(17)11-2/h4-6H2,1-3H3,(H,11,17)(H2,12,13,14,15,16). The molecular weight excluding hydrogens is 236 g/mol. The van der Waals surface area contributed by atoms with Crippen molar-refractivity contribution in [3.63, 3.8) is 0 Å². The third-order valence-electron chi connectivity index (χ3n) is 2.03. The zero-order valence-electron chi connectivity index (χ0n) is 10.8. The van der Waals surface area contributed by atoms with Crippen molar-refractivity contribution in [2.75, 3.05) is 37.9 Å². The molecule has 0 aliphatic heterocycles. The van der Waals surface area contributed by atoms with E-state index < -0.39 is 0 Å². The summed E-state index contributed by atoms with van der Waals surface area (Å²) in [4.78, 5) is 23.2. The van der Waals surface area contributed by atoms with Crippen LogP contribution in [0, 0.1) is 0 Å². The minimum Gasteiger partial charge on any atom is -0.464 e. The van der Waals surface area contributed by atoms with E-state index >= 15 is 0 Å². The first kappa shape index (κ1) is 13.9. The molecule has 1 aromatic rings. The number of amides is 1. The normalized spacial score (nSPS) is 9.72. The lowest BCUT2D eigenvalue weighted by atomic mass is 10.4. The van der Waals surface area contributed by atoms with Gasteiger partial charge in [0.25, 0.3) is 0 Å². The molecule has 0 saturated heterocycles. The number of nitrogens with zero attached hydrogens (tertiary/aromatic N) is 3. The molecule has 18 heavy (non-hydrogen) atoms. The first-order valence-electron chi connectivity index (χ1n) is 5.70. The van der Waals surface area contributed by atoms with Crippen LogP contribution < -0.4 is 20.7 Å². The lowest BCUT2D eigenvalue weighted by Crippen LogP contribution is -2.21. The summed E-state index contributed by atoms with van der Waals surface area (Å²) in [6.07, 6.45) is 0.348. The maximum absolute atomic E-state index is 11.1. The SMILES string of the molecule is CCOc1nc(NC)nc(NCCC(=O)NC)n1. The van der Waals surface area contributed by atoms with Crippen molar-refractivity contribution in [3.8, 4) is 6.01 Å². The lowest BCUT2D eigenvalue weighted by molar-refractivity contribution is -0.120. The molecule has 3 N–H and O–H groups in total. The Morgan fingerprint density at radius 3 is 2.56 bits per heavy atom. The summed E-state index contributed by atoms with van der Waals surface area (Å²) in [5.41, 5.74) is 0. The topological polar surface area (TPSA) is 101 Å². The molecule has 1 amide bonds. The fourth-order valence-electron chi connectivity index (χ4n) is 1.15. The van der Waals surface area contributed by atoms with E-state index in [2.05, 4.69) is 30.9 Å². The second-order valence-electron chi connectivity index (χ2n) is 3.30. The van der Waals surface area contributed by atoms with Crippen LogP contribution in [0.2, 0.25) is 0 Å². The van der Waals surface area contributed by atoms with Crippen LogP contribution in [0.3, 0.4) is 0 Å². The van der Waals surface area contributed by atoms with Crippen LogP contribution in [-0.4, -0.2) is 48.1 Å². The highest BCUT2D eigenvalue weighted by molar-refractivity contribution is 5.75. The summed E-state index contributed by atoms with van der Waals surface area (Å²) in [6.45, 7) is 2.77. The number of carbonyl (C=O) groups is 1. The van der Waals surface area contributed by atoms with Crippen LogP contribution in [0.5, 0.6) is 6.01 Å². The maximum atomic E-state index is 11.1. The molecule has 1 rings (SSSR count). The summed E-state index contributed by atoms with van der Waals surface area (Å²) < 4.78 is 5.22. The number of aromatic nitrogens is 3. The molecule has 8 heteroatoms. The van der Waals surface area contributed by atoms with E-state index in [1.54, 1.807) is 14.1 Å². The van der Waals surface area contributed by atoms with E-state index in [1.807, 2.05) is 6.92 Å². The van der Waals surface area contributed by atoms with Crippen molar-refractivity contribution in [1.82, 2.24) is 20.3 Å². The van der Waals surface area contributed by atoms with Gasteiger partial charge in [-0.2, -0.15) is 15.0 Å². The molecule has 0 unspecified atom stereocenters. The molecule has 0 bridgehead atoms. The van der Waals surface area contributed by atoms with Gasteiger partial charge in [-0.15, -0.1) is 0 Å². The Morgan fingerprint density at radius 1 is 1.22 bits per heavy atom. The molecule has 0 atom stereocenters.